The Balaban J connectivity index is 2.43. The number of hydrogen-bond acceptors (Lipinski definition) is 3. The molecule has 0 amide bonds. The first kappa shape index (κ1) is 16.9. The number of halogens is 2. The van der Waals surface area contributed by atoms with Crippen molar-refractivity contribution in [1.82, 2.24) is 4.31 Å². The Morgan fingerprint density at radius 1 is 1.38 bits per heavy atom. The summed E-state index contributed by atoms with van der Waals surface area (Å²) < 4.78 is 41.7. The maximum atomic E-state index is 14.4. The van der Waals surface area contributed by atoms with E-state index >= 15 is 0 Å². The minimum absolute atomic E-state index is 0.0404. The molecule has 0 radical (unpaired) electrons. The summed E-state index contributed by atoms with van der Waals surface area (Å²) in [6.45, 7) is 4.95. The monoisotopic (exact) mass is 378 g/mol. The van der Waals surface area contributed by atoms with Crippen molar-refractivity contribution in [2.45, 2.75) is 31.7 Å². The smallest absolute Gasteiger partial charge is 0.246 e. The molecule has 2 atom stereocenters. The average molecular weight is 379 g/mol. The Morgan fingerprint density at radius 3 is 2.62 bits per heavy atom. The van der Waals surface area contributed by atoms with Gasteiger partial charge in [0.1, 0.15) is 10.7 Å². The second-order valence-electron chi connectivity index (χ2n) is 5.69. The van der Waals surface area contributed by atoms with Crippen LogP contribution in [0.5, 0.6) is 0 Å². The van der Waals surface area contributed by atoms with Gasteiger partial charge in [-0.25, -0.2) is 12.8 Å². The van der Waals surface area contributed by atoms with Gasteiger partial charge in [-0.2, -0.15) is 4.31 Å². The van der Waals surface area contributed by atoms with E-state index in [2.05, 4.69) is 22.9 Å². The lowest BCUT2D eigenvalue weighted by molar-refractivity contribution is 0.212. The minimum atomic E-state index is -3.83. The molecule has 4 nitrogen and oxygen atoms in total. The lowest BCUT2D eigenvalue weighted by Gasteiger charge is -2.34. The van der Waals surface area contributed by atoms with Crippen LogP contribution in [0.2, 0.25) is 0 Å². The Labute approximate surface area is 133 Å². The lowest BCUT2D eigenvalue weighted by Crippen LogP contribution is -2.42. The van der Waals surface area contributed by atoms with Crippen LogP contribution in [0.1, 0.15) is 25.8 Å². The molecule has 118 valence electrons. The Hall–Kier alpha value is -0.500. The van der Waals surface area contributed by atoms with Crippen LogP contribution in [-0.4, -0.2) is 25.8 Å². The highest BCUT2D eigenvalue weighted by Gasteiger charge is 2.34. The molecule has 0 bridgehead atoms. The molecule has 2 N–H and O–H groups in total. The lowest BCUT2D eigenvalue weighted by atomic mass is 9.90. The van der Waals surface area contributed by atoms with E-state index in [0.717, 1.165) is 6.42 Å². The maximum absolute atomic E-state index is 14.4. The summed E-state index contributed by atoms with van der Waals surface area (Å²) in [5.74, 6) is -0.00639. The SMILES string of the molecule is CC1CCN(S(=O)(=O)c2cc(Br)cc(CN)c2F)CC1C. The summed E-state index contributed by atoms with van der Waals surface area (Å²) in [6.07, 6.45) is 0.791. The zero-order chi connectivity index (χ0) is 15.8. The van der Waals surface area contributed by atoms with Gasteiger partial charge in [0.15, 0.2) is 0 Å². The average Bonchev–Trinajstić information content (AvgIpc) is 2.43. The van der Waals surface area contributed by atoms with E-state index in [4.69, 9.17) is 5.73 Å². The Kier molecular flexibility index (Phi) is 5.07. The van der Waals surface area contributed by atoms with Crippen LogP contribution in [0.25, 0.3) is 0 Å². The van der Waals surface area contributed by atoms with E-state index in [1.807, 2.05) is 6.92 Å². The van der Waals surface area contributed by atoms with Gasteiger partial charge in [0.05, 0.1) is 0 Å². The van der Waals surface area contributed by atoms with Crippen molar-refractivity contribution in [3.63, 3.8) is 0 Å². The predicted molar refractivity (Wildman–Crippen MR) is 83.7 cm³/mol. The second kappa shape index (κ2) is 6.32. The molecular formula is C14H20BrFN2O2S. The van der Waals surface area contributed by atoms with E-state index in [1.54, 1.807) is 0 Å². The van der Waals surface area contributed by atoms with Crippen molar-refractivity contribution in [3.05, 3.63) is 28.0 Å². The van der Waals surface area contributed by atoms with Gasteiger partial charge in [0, 0.05) is 29.7 Å². The molecule has 0 saturated carbocycles. The first-order chi connectivity index (χ1) is 9.77. The van der Waals surface area contributed by atoms with E-state index < -0.39 is 15.8 Å². The van der Waals surface area contributed by atoms with Gasteiger partial charge in [-0.3, -0.25) is 0 Å². The quantitative estimate of drug-likeness (QED) is 0.879. The number of benzene rings is 1. The van der Waals surface area contributed by atoms with Crippen molar-refractivity contribution in [2.24, 2.45) is 17.6 Å². The third kappa shape index (κ3) is 3.31. The highest BCUT2D eigenvalue weighted by Crippen LogP contribution is 2.30. The molecule has 1 aliphatic rings. The van der Waals surface area contributed by atoms with E-state index in [0.29, 0.717) is 23.5 Å². The molecule has 21 heavy (non-hydrogen) atoms. The van der Waals surface area contributed by atoms with Crippen molar-refractivity contribution in [2.75, 3.05) is 13.1 Å². The molecule has 1 saturated heterocycles. The molecular weight excluding hydrogens is 359 g/mol. The molecule has 1 heterocycles. The van der Waals surface area contributed by atoms with Gasteiger partial charge in [-0.1, -0.05) is 29.8 Å². The molecule has 1 fully saturated rings. The minimum Gasteiger partial charge on any atom is -0.326 e. The highest BCUT2D eigenvalue weighted by molar-refractivity contribution is 9.10. The molecule has 2 rings (SSSR count). The number of sulfonamides is 1. The van der Waals surface area contributed by atoms with Crippen LogP contribution >= 0.6 is 15.9 Å². The van der Waals surface area contributed by atoms with Crippen molar-refractivity contribution in [1.29, 1.82) is 0 Å². The first-order valence-electron chi connectivity index (χ1n) is 6.95. The zero-order valence-electron chi connectivity index (χ0n) is 12.1. The summed E-state index contributed by atoms with van der Waals surface area (Å²) in [7, 11) is -3.83. The van der Waals surface area contributed by atoms with Crippen LogP contribution in [0.15, 0.2) is 21.5 Å². The summed E-state index contributed by atoms with van der Waals surface area (Å²) >= 11 is 3.22. The summed E-state index contributed by atoms with van der Waals surface area (Å²) in [5, 5.41) is 0. The molecule has 1 aromatic rings. The third-order valence-corrected chi connectivity index (χ3v) is 6.54. The van der Waals surface area contributed by atoms with Gasteiger partial charge in [0.25, 0.3) is 0 Å². The van der Waals surface area contributed by atoms with E-state index in [9.17, 15) is 12.8 Å². The van der Waals surface area contributed by atoms with Crippen molar-refractivity contribution < 1.29 is 12.8 Å². The summed E-state index contributed by atoms with van der Waals surface area (Å²) in [5.41, 5.74) is 5.68. The number of nitrogens with zero attached hydrogens (tertiary/aromatic N) is 1. The Bertz CT molecular complexity index is 636. The molecule has 0 aromatic heterocycles. The highest BCUT2D eigenvalue weighted by atomic mass is 79.9. The molecule has 7 heteroatoms. The van der Waals surface area contributed by atoms with Crippen LogP contribution < -0.4 is 5.73 Å². The van der Waals surface area contributed by atoms with Crippen LogP contribution in [0.4, 0.5) is 4.39 Å². The standard InChI is InChI=1S/C14H20BrFN2O2S/c1-9-3-4-18(8-10(9)2)21(19,20)13-6-12(15)5-11(7-17)14(13)16/h5-6,9-10H,3-4,7-8,17H2,1-2H3. The fraction of sp³-hybridized carbons (Fsp3) is 0.571. The first-order valence-corrected chi connectivity index (χ1v) is 9.18. The van der Waals surface area contributed by atoms with Crippen molar-refractivity contribution in [3.8, 4) is 0 Å². The normalized spacial score (nSPS) is 24.2. The number of hydrogen-bond donors (Lipinski definition) is 1. The molecule has 2 unspecified atom stereocenters. The largest absolute Gasteiger partial charge is 0.326 e. The topological polar surface area (TPSA) is 63.4 Å². The fourth-order valence-electron chi connectivity index (χ4n) is 2.54. The van der Waals surface area contributed by atoms with Gasteiger partial charge in [0.2, 0.25) is 10.0 Å². The van der Waals surface area contributed by atoms with Gasteiger partial charge >= 0.3 is 0 Å². The molecule has 0 aliphatic carbocycles. The summed E-state index contributed by atoms with van der Waals surface area (Å²) in [4.78, 5) is -0.293. The summed E-state index contributed by atoms with van der Waals surface area (Å²) in [6, 6.07) is 2.82. The molecule has 1 aliphatic heterocycles. The van der Waals surface area contributed by atoms with Gasteiger partial charge < -0.3 is 5.73 Å². The van der Waals surface area contributed by atoms with Crippen LogP contribution in [0.3, 0.4) is 0 Å². The Morgan fingerprint density at radius 2 is 2.05 bits per heavy atom. The van der Waals surface area contributed by atoms with Crippen molar-refractivity contribution >= 4 is 26.0 Å². The molecule has 0 spiro atoms. The molecule has 1 aromatic carbocycles. The van der Waals surface area contributed by atoms with Gasteiger partial charge in [-0.05, 0) is 30.4 Å². The zero-order valence-corrected chi connectivity index (χ0v) is 14.5. The van der Waals surface area contributed by atoms with Crippen LogP contribution in [-0.2, 0) is 16.6 Å². The number of nitrogens with two attached hydrogens (primary N) is 1. The van der Waals surface area contributed by atoms with E-state index in [1.165, 1.54) is 16.4 Å². The van der Waals surface area contributed by atoms with E-state index in [-0.39, 0.29) is 22.9 Å². The third-order valence-electron chi connectivity index (χ3n) is 4.21. The van der Waals surface area contributed by atoms with Gasteiger partial charge in [-0.15, -0.1) is 0 Å². The predicted octanol–water partition coefficient (Wildman–Crippen LogP) is 2.71. The van der Waals surface area contributed by atoms with Crippen LogP contribution in [0, 0.1) is 17.7 Å². The maximum Gasteiger partial charge on any atom is 0.246 e. The second-order valence-corrected chi connectivity index (χ2v) is 8.51. The fourth-order valence-corrected chi connectivity index (χ4v) is 4.88. The number of piperidine rings is 1. The number of rotatable bonds is 3.